The van der Waals surface area contributed by atoms with E-state index in [9.17, 15) is 8.78 Å². The molecule has 1 aliphatic heterocycles. The summed E-state index contributed by atoms with van der Waals surface area (Å²) in [6.07, 6.45) is 2.72. The standard InChI is InChI=1S/C14H15F2NO/c1-9-7-11(8-10(2)17-9)12-5-3-4-6-13(12)18-14(15)16/h3-7,11,14H,8H2,1-2H3. The van der Waals surface area contributed by atoms with Crippen molar-refractivity contribution in [1.29, 1.82) is 0 Å². The van der Waals surface area contributed by atoms with Crippen LogP contribution in [0.4, 0.5) is 8.78 Å². The number of halogens is 2. The SMILES string of the molecule is CC1=CC(c2ccccc2OC(F)F)CC(C)=N1. The van der Waals surface area contributed by atoms with E-state index in [1.165, 1.54) is 0 Å². The molecule has 0 saturated heterocycles. The molecule has 1 unspecified atom stereocenters. The Balaban J connectivity index is 2.31. The van der Waals surface area contributed by atoms with Gasteiger partial charge in [-0.15, -0.1) is 0 Å². The third-order valence-corrected chi connectivity index (χ3v) is 2.86. The van der Waals surface area contributed by atoms with Gasteiger partial charge in [0.05, 0.1) is 0 Å². The zero-order chi connectivity index (χ0) is 13.1. The Morgan fingerprint density at radius 3 is 2.67 bits per heavy atom. The summed E-state index contributed by atoms with van der Waals surface area (Å²) >= 11 is 0. The molecule has 1 heterocycles. The predicted octanol–water partition coefficient (Wildman–Crippen LogP) is 4.14. The molecule has 2 rings (SSSR count). The van der Waals surface area contributed by atoms with Gasteiger partial charge in [-0.1, -0.05) is 24.3 Å². The van der Waals surface area contributed by atoms with Gasteiger partial charge in [0.2, 0.25) is 0 Å². The van der Waals surface area contributed by atoms with Crippen LogP contribution in [0.1, 0.15) is 31.7 Å². The van der Waals surface area contributed by atoms with Crippen LogP contribution in [0.3, 0.4) is 0 Å². The summed E-state index contributed by atoms with van der Waals surface area (Å²) in [5.41, 5.74) is 2.70. The second-order valence-corrected chi connectivity index (χ2v) is 4.38. The van der Waals surface area contributed by atoms with Crippen LogP contribution >= 0.6 is 0 Å². The second-order valence-electron chi connectivity index (χ2n) is 4.38. The first-order valence-electron chi connectivity index (χ1n) is 5.82. The van der Waals surface area contributed by atoms with Crippen LogP contribution in [0.5, 0.6) is 5.75 Å². The van der Waals surface area contributed by atoms with Gasteiger partial charge < -0.3 is 4.74 Å². The lowest BCUT2D eigenvalue weighted by Gasteiger charge is -2.20. The number of allylic oxidation sites excluding steroid dienone is 2. The summed E-state index contributed by atoms with van der Waals surface area (Å²) in [4.78, 5) is 4.34. The van der Waals surface area contributed by atoms with E-state index in [2.05, 4.69) is 9.73 Å². The van der Waals surface area contributed by atoms with Crippen molar-refractivity contribution in [2.75, 3.05) is 0 Å². The predicted molar refractivity (Wildman–Crippen MR) is 67.3 cm³/mol. The van der Waals surface area contributed by atoms with Gasteiger partial charge in [-0.3, -0.25) is 4.99 Å². The molecule has 1 aromatic carbocycles. The van der Waals surface area contributed by atoms with Crippen molar-refractivity contribution in [2.45, 2.75) is 32.8 Å². The van der Waals surface area contributed by atoms with Crippen LogP contribution in [-0.4, -0.2) is 12.3 Å². The van der Waals surface area contributed by atoms with Crippen molar-refractivity contribution >= 4 is 5.71 Å². The highest BCUT2D eigenvalue weighted by molar-refractivity contribution is 5.85. The van der Waals surface area contributed by atoms with Crippen molar-refractivity contribution in [3.8, 4) is 5.75 Å². The number of ether oxygens (including phenoxy) is 1. The van der Waals surface area contributed by atoms with Crippen molar-refractivity contribution in [3.05, 3.63) is 41.6 Å². The van der Waals surface area contributed by atoms with Crippen LogP contribution in [0.25, 0.3) is 0 Å². The molecule has 18 heavy (non-hydrogen) atoms. The third-order valence-electron chi connectivity index (χ3n) is 2.86. The fraction of sp³-hybridized carbons (Fsp3) is 0.357. The lowest BCUT2D eigenvalue weighted by atomic mass is 9.90. The quantitative estimate of drug-likeness (QED) is 0.791. The summed E-state index contributed by atoms with van der Waals surface area (Å²) in [7, 11) is 0. The van der Waals surface area contributed by atoms with Crippen LogP contribution in [0.2, 0.25) is 0 Å². The Kier molecular flexibility index (Phi) is 3.75. The Bertz CT molecular complexity index is 494. The second kappa shape index (κ2) is 5.29. The van der Waals surface area contributed by atoms with Crippen LogP contribution < -0.4 is 4.74 Å². The van der Waals surface area contributed by atoms with Gasteiger partial charge in [0.1, 0.15) is 5.75 Å². The first-order valence-corrected chi connectivity index (χ1v) is 5.82. The van der Waals surface area contributed by atoms with Crippen molar-refractivity contribution in [3.63, 3.8) is 0 Å². The molecule has 0 aromatic heterocycles. The number of benzene rings is 1. The molecular formula is C14H15F2NO. The molecule has 96 valence electrons. The molecule has 0 radical (unpaired) electrons. The number of nitrogens with zero attached hydrogens (tertiary/aromatic N) is 1. The van der Waals surface area contributed by atoms with E-state index in [0.717, 1.165) is 23.4 Å². The maximum Gasteiger partial charge on any atom is 0.387 e. The van der Waals surface area contributed by atoms with Crippen molar-refractivity contribution in [2.24, 2.45) is 4.99 Å². The zero-order valence-electron chi connectivity index (χ0n) is 10.4. The largest absolute Gasteiger partial charge is 0.435 e. The van der Waals surface area contributed by atoms with Gasteiger partial charge in [0, 0.05) is 22.9 Å². The Morgan fingerprint density at radius 1 is 1.28 bits per heavy atom. The topological polar surface area (TPSA) is 21.6 Å². The fourth-order valence-electron chi connectivity index (χ4n) is 2.24. The highest BCUT2D eigenvalue weighted by Gasteiger charge is 2.19. The van der Waals surface area contributed by atoms with E-state index >= 15 is 0 Å². The van der Waals surface area contributed by atoms with E-state index in [-0.39, 0.29) is 11.7 Å². The van der Waals surface area contributed by atoms with Crippen LogP contribution in [0.15, 0.2) is 41.0 Å². The number of alkyl halides is 2. The van der Waals surface area contributed by atoms with E-state index in [1.807, 2.05) is 32.1 Å². The smallest absolute Gasteiger partial charge is 0.387 e. The molecule has 1 aromatic rings. The molecule has 2 nitrogen and oxygen atoms in total. The van der Waals surface area contributed by atoms with Crippen LogP contribution in [-0.2, 0) is 0 Å². The normalized spacial score (nSPS) is 19.5. The Morgan fingerprint density at radius 2 is 2.00 bits per heavy atom. The number of hydrogen-bond acceptors (Lipinski definition) is 2. The molecule has 0 saturated carbocycles. The molecule has 0 amide bonds. The van der Waals surface area contributed by atoms with Gasteiger partial charge in [0.25, 0.3) is 0 Å². The summed E-state index contributed by atoms with van der Waals surface area (Å²) in [5, 5.41) is 0. The van der Waals surface area contributed by atoms with E-state index in [4.69, 9.17) is 0 Å². The monoisotopic (exact) mass is 251 g/mol. The summed E-state index contributed by atoms with van der Waals surface area (Å²) < 4.78 is 29.3. The summed E-state index contributed by atoms with van der Waals surface area (Å²) in [6.45, 7) is 1.06. The average molecular weight is 251 g/mol. The summed E-state index contributed by atoms with van der Waals surface area (Å²) in [5.74, 6) is 0.300. The number of rotatable bonds is 3. The molecule has 0 aliphatic carbocycles. The van der Waals surface area contributed by atoms with E-state index in [0.29, 0.717) is 0 Å². The third kappa shape index (κ3) is 2.94. The lowest BCUT2D eigenvalue weighted by molar-refractivity contribution is -0.0505. The number of para-hydroxylation sites is 1. The number of aliphatic imine (C=N–C) groups is 1. The minimum Gasteiger partial charge on any atom is -0.435 e. The summed E-state index contributed by atoms with van der Waals surface area (Å²) in [6, 6.07) is 6.93. The van der Waals surface area contributed by atoms with Gasteiger partial charge in [0.15, 0.2) is 0 Å². The van der Waals surface area contributed by atoms with E-state index < -0.39 is 6.61 Å². The first-order chi connectivity index (χ1) is 8.56. The molecule has 1 atom stereocenters. The minimum atomic E-state index is -2.80. The zero-order valence-corrected chi connectivity index (χ0v) is 10.4. The highest BCUT2D eigenvalue weighted by Crippen LogP contribution is 2.34. The Hall–Kier alpha value is -1.71. The maximum absolute atomic E-state index is 12.4. The fourth-order valence-corrected chi connectivity index (χ4v) is 2.24. The lowest BCUT2D eigenvalue weighted by Crippen LogP contribution is -2.11. The van der Waals surface area contributed by atoms with Crippen molar-refractivity contribution in [1.82, 2.24) is 0 Å². The van der Waals surface area contributed by atoms with Gasteiger partial charge >= 0.3 is 6.61 Å². The Labute approximate surface area is 105 Å². The van der Waals surface area contributed by atoms with E-state index in [1.54, 1.807) is 12.1 Å². The molecule has 4 heteroatoms. The van der Waals surface area contributed by atoms with Crippen LogP contribution in [0, 0.1) is 0 Å². The average Bonchev–Trinajstić information content (AvgIpc) is 2.27. The molecule has 0 bridgehead atoms. The highest BCUT2D eigenvalue weighted by atomic mass is 19.3. The minimum absolute atomic E-state index is 0.0532. The number of hydrogen-bond donors (Lipinski definition) is 0. The maximum atomic E-state index is 12.4. The molecular weight excluding hydrogens is 236 g/mol. The van der Waals surface area contributed by atoms with Gasteiger partial charge in [-0.25, -0.2) is 0 Å². The van der Waals surface area contributed by atoms with Gasteiger partial charge in [-0.2, -0.15) is 8.78 Å². The molecule has 0 N–H and O–H groups in total. The molecule has 0 fully saturated rings. The molecule has 1 aliphatic rings. The van der Waals surface area contributed by atoms with Crippen molar-refractivity contribution < 1.29 is 13.5 Å². The van der Waals surface area contributed by atoms with Gasteiger partial charge in [-0.05, 0) is 26.3 Å². The molecule has 0 spiro atoms. The first kappa shape index (κ1) is 12.7.